The third-order valence-corrected chi connectivity index (χ3v) is 4.83. The van der Waals surface area contributed by atoms with E-state index in [0.29, 0.717) is 0 Å². The standard InChI is InChI=1S/C18H21F2N5O3/c1-9-3-2-4-21-14(9)8-22-17(27)10-5-11(15(26)6-10)23-18(28)13-7-12(16(19)20)24-25-13/h2-4,7,10-11,15-16,26H,5-6,8H2,1H3,(H,22,27)(H,23,28)(H,24,25)/t10-,11+,15+/m0/s1. The number of aromatic nitrogens is 3. The molecule has 0 aliphatic heterocycles. The SMILES string of the molecule is Cc1cccnc1CNC(=O)[C@@H]1C[C@@H](O)[C@H](NC(=O)c2cc(C(F)F)[nH]n2)C1. The van der Waals surface area contributed by atoms with Crippen LogP contribution in [0.3, 0.4) is 0 Å². The number of aryl methyl sites for hydroxylation is 1. The average Bonchev–Trinajstić information content (AvgIpc) is 3.29. The normalized spacial score (nSPS) is 21.7. The van der Waals surface area contributed by atoms with Crippen LogP contribution in [0.1, 0.15) is 46.7 Å². The Morgan fingerprint density at radius 1 is 1.39 bits per heavy atom. The molecule has 2 amide bonds. The molecule has 0 saturated heterocycles. The molecular weight excluding hydrogens is 372 g/mol. The van der Waals surface area contributed by atoms with Gasteiger partial charge in [-0.2, -0.15) is 5.10 Å². The molecule has 3 atom stereocenters. The number of aliphatic hydroxyl groups is 1. The Hall–Kier alpha value is -2.88. The van der Waals surface area contributed by atoms with Crippen LogP contribution in [0.5, 0.6) is 0 Å². The number of hydrogen-bond acceptors (Lipinski definition) is 5. The van der Waals surface area contributed by atoms with Crippen LogP contribution < -0.4 is 10.6 Å². The van der Waals surface area contributed by atoms with Gasteiger partial charge >= 0.3 is 0 Å². The van der Waals surface area contributed by atoms with Gasteiger partial charge in [0.2, 0.25) is 5.91 Å². The van der Waals surface area contributed by atoms with Crippen molar-refractivity contribution in [3.8, 4) is 0 Å². The van der Waals surface area contributed by atoms with Crippen molar-refractivity contribution in [1.29, 1.82) is 0 Å². The van der Waals surface area contributed by atoms with Crippen molar-refractivity contribution in [3.05, 3.63) is 47.0 Å². The number of alkyl halides is 2. The summed E-state index contributed by atoms with van der Waals surface area (Å²) in [6.45, 7) is 2.17. The molecule has 1 aliphatic rings. The van der Waals surface area contributed by atoms with Crippen LogP contribution in [-0.2, 0) is 11.3 Å². The number of nitrogens with one attached hydrogen (secondary N) is 3. The lowest BCUT2D eigenvalue weighted by atomic mass is 10.1. The highest BCUT2D eigenvalue weighted by Gasteiger charge is 2.38. The Balaban J connectivity index is 1.53. The summed E-state index contributed by atoms with van der Waals surface area (Å²) in [5.74, 6) is -1.39. The summed E-state index contributed by atoms with van der Waals surface area (Å²) in [5.41, 5.74) is 1.06. The van der Waals surface area contributed by atoms with Gasteiger partial charge in [-0.1, -0.05) is 6.07 Å². The Morgan fingerprint density at radius 3 is 2.86 bits per heavy atom. The summed E-state index contributed by atoms with van der Waals surface area (Å²) in [4.78, 5) is 28.7. The number of halogens is 2. The number of carbonyl (C=O) groups is 2. The molecule has 2 aromatic rings. The molecule has 150 valence electrons. The number of hydrogen-bond donors (Lipinski definition) is 4. The summed E-state index contributed by atoms with van der Waals surface area (Å²) < 4.78 is 25.2. The van der Waals surface area contributed by atoms with Crippen molar-refractivity contribution < 1.29 is 23.5 Å². The predicted molar refractivity (Wildman–Crippen MR) is 94.4 cm³/mol. The summed E-state index contributed by atoms with van der Waals surface area (Å²) in [6.07, 6.45) is -1.59. The molecule has 10 heteroatoms. The first-order valence-electron chi connectivity index (χ1n) is 8.85. The van der Waals surface area contributed by atoms with Gasteiger partial charge in [-0.05, 0) is 37.5 Å². The van der Waals surface area contributed by atoms with E-state index in [1.807, 2.05) is 19.1 Å². The maximum atomic E-state index is 12.6. The fraction of sp³-hybridized carbons (Fsp3) is 0.444. The molecule has 1 fully saturated rings. The van der Waals surface area contributed by atoms with E-state index < -0.39 is 36.1 Å². The first-order chi connectivity index (χ1) is 13.3. The van der Waals surface area contributed by atoms with Crippen LogP contribution in [0, 0.1) is 12.8 Å². The first-order valence-corrected chi connectivity index (χ1v) is 8.85. The fourth-order valence-corrected chi connectivity index (χ4v) is 3.21. The number of carbonyl (C=O) groups excluding carboxylic acids is 2. The van der Waals surface area contributed by atoms with Crippen LogP contribution >= 0.6 is 0 Å². The molecule has 0 aromatic carbocycles. The Labute approximate surface area is 159 Å². The van der Waals surface area contributed by atoms with Gasteiger partial charge in [0.15, 0.2) is 0 Å². The lowest BCUT2D eigenvalue weighted by molar-refractivity contribution is -0.125. The van der Waals surface area contributed by atoms with Gasteiger partial charge < -0.3 is 15.7 Å². The lowest BCUT2D eigenvalue weighted by Crippen LogP contribution is -2.40. The zero-order valence-electron chi connectivity index (χ0n) is 15.2. The van der Waals surface area contributed by atoms with E-state index in [9.17, 15) is 23.5 Å². The minimum absolute atomic E-state index is 0.193. The average molecular weight is 393 g/mol. The van der Waals surface area contributed by atoms with Gasteiger partial charge in [0.1, 0.15) is 11.4 Å². The molecule has 8 nitrogen and oxygen atoms in total. The van der Waals surface area contributed by atoms with E-state index in [-0.39, 0.29) is 31.0 Å². The highest BCUT2D eigenvalue weighted by molar-refractivity contribution is 5.92. The Morgan fingerprint density at radius 2 is 2.18 bits per heavy atom. The topological polar surface area (TPSA) is 120 Å². The molecule has 28 heavy (non-hydrogen) atoms. The number of pyridine rings is 1. The molecule has 2 aromatic heterocycles. The van der Waals surface area contributed by atoms with E-state index in [1.54, 1.807) is 6.20 Å². The lowest BCUT2D eigenvalue weighted by Gasteiger charge is -2.15. The summed E-state index contributed by atoms with van der Waals surface area (Å²) in [5, 5.41) is 21.2. The molecule has 0 spiro atoms. The summed E-state index contributed by atoms with van der Waals surface area (Å²) in [7, 11) is 0. The Bertz CT molecular complexity index is 857. The van der Waals surface area contributed by atoms with E-state index in [0.717, 1.165) is 17.3 Å². The van der Waals surface area contributed by atoms with E-state index in [4.69, 9.17) is 0 Å². The van der Waals surface area contributed by atoms with Crippen molar-refractivity contribution in [2.24, 2.45) is 5.92 Å². The maximum absolute atomic E-state index is 12.6. The second-order valence-corrected chi connectivity index (χ2v) is 6.81. The number of amides is 2. The highest BCUT2D eigenvalue weighted by atomic mass is 19.3. The van der Waals surface area contributed by atoms with Gasteiger partial charge in [-0.3, -0.25) is 19.7 Å². The summed E-state index contributed by atoms with van der Waals surface area (Å²) >= 11 is 0. The third kappa shape index (κ3) is 4.50. The molecule has 4 N–H and O–H groups in total. The van der Waals surface area contributed by atoms with Gasteiger partial charge in [0.25, 0.3) is 12.3 Å². The van der Waals surface area contributed by atoms with Crippen LogP contribution in [0.2, 0.25) is 0 Å². The molecular formula is C18H21F2N5O3. The highest BCUT2D eigenvalue weighted by Crippen LogP contribution is 2.27. The minimum atomic E-state index is -2.76. The number of aromatic amines is 1. The van der Waals surface area contributed by atoms with Crippen molar-refractivity contribution in [3.63, 3.8) is 0 Å². The van der Waals surface area contributed by atoms with Crippen LogP contribution in [-0.4, -0.2) is 44.2 Å². The summed E-state index contributed by atoms with van der Waals surface area (Å²) in [6, 6.07) is 4.01. The van der Waals surface area contributed by atoms with Crippen molar-refractivity contribution in [1.82, 2.24) is 25.8 Å². The third-order valence-electron chi connectivity index (χ3n) is 4.83. The van der Waals surface area contributed by atoms with Crippen molar-refractivity contribution in [2.75, 3.05) is 0 Å². The largest absolute Gasteiger partial charge is 0.391 e. The molecule has 0 radical (unpaired) electrons. The molecule has 1 aliphatic carbocycles. The van der Waals surface area contributed by atoms with E-state index >= 15 is 0 Å². The first kappa shape index (κ1) is 19.9. The predicted octanol–water partition coefficient (Wildman–Crippen LogP) is 1.24. The number of rotatable bonds is 6. The van der Waals surface area contributed by atoms with Crippen LogP contribution in [0.4, 0.5) is 8.78 Å². The second-order valence-electron chi connectivity index (χ2n) is 6.81. The zero-order chi connectivity index (χ0) is 20.3. The second kappa shape index (κ2) is 8.42. The molecule has 1 saturated carbocycles. The van der Waals surface area contributed by atoms with Crippen LogP contribution in [0.15, 0.2) is 24.4 Å². The minimum Gasteiger partial charge on any atom is -0.391 e. The van der Waals surface area contributed by atoms with Crippen molar-refractivity contribution in [2.45, 2.75) is 44.9 Å². The number of aliphatic hydroxyl groups excluding tert-OH is 1. The molecule has 2 heterocycles. The number of H-pyrrole nitrogens is 1. The maximum Gasteiger partial charge on any atom is 0.279 e. The fourth-order valence-electron chi connectivity index (χ4n) is 3.21. The van der Waals surface area contributed by atoms with Crippen LogP contribution in [0.25, 0.3) is 0 Å². The van der Waals surface area contributed by atoms with Gasteiger partial charge in [0, 0.05) is 12.1 Å². The molecule has 3 rings (SSSR count). The van der Waals surface area contributed by atoms with Crippen molar-refractivity contribution >= 4 is 11.8 Å². The quantitative estimate of drug-likeness (QED) is 0.589. The Kier molecular flexibility index (Phi) is 5.98. The van der Waals surface area contributed by atoms with Gasteiger partial charge in [-0.15, -0.1) is 0 Å². The zero-order valence-corrected chi connectivity index (χ0v) is 15.2. The molecule has 0 unspecified atom stereocenters. The monoisotopic (exact) mass is 393 g/mol. The van der Waals surface area contributed by atoms with E-state index in [2.05, 4.69) is 25.8 Å². The van der Waals surface area contributed by atoms with Gasteiger partial charge in [-0.25, -0.2) is 8.78 Å². The number of nitrogens with zero attached hydrogens (tertiary/aromatic N) is 2. The van der Waals surface area contributed by atoms with Gasteiger partial charge in [0.05, 0.1) is 24.4 Å². The van der Waals surface area contributed by atoms with E-state index in [1.165, 1.54) is 0 Å². The molecule has 0 bridgehead atoms. The smallest absolute Gasteiger partial charge is 0.279 e.